The van der Waals surface area contributed by atoms with Crippen LogP contribution in [0, 0.1) is 0 Å². The summed E-state index contributed by atoms with van der Waals surface area (Å²) >= 11 is 0. The molecule has 25 heteroatoms. The van der Waals surface area contributed by atoms with Gasteiger partial charge in [0.1, 0.15) is 85.3 Å². The molecule has 4 fully saturated rings. The molecule has 0 aliphatic carbocycles. The molecule has 20 atom stereocenters. The van der Waals surface area contributed by atoms with Gasteiger partial charge in [-0.3, -0.25) is 9.59 Å². The molecule has 53 heavy (non-hydrogen) atoms. The van der Waals surface area contributed by atoms with Crippen molar-refractivity contribution in [2.24, 2.45) is 0 Å². The molecule has 0 spiro atoms. The second-order valence-electron chi connectivity index (χ2n) is 12.7. The van der Waals surface area contributed by atoms with Crippen molar-refractivity contribution in [3.8, 4) is 0 Å². The quantitative estimate of drug-likeness (QED) is 0.0875. The minimum absolute atomic E-state index is 0.761. The van der Waals surface area contributed by atoms with E-state index in [0.717, 1.165) is 13.8 Å². The molecule has 4 aliphatic rings. The first-order valence-electron chi connectivity index (χ1n) is 16.1. The number of carbonyl (C=O) groups is 4. The number of carboxylic acids is 2. The van der Waals surface area contributed by atoms with Gasteiger partial charge >= 0.3 is 11.9 Å². The number of hydrogen-bond acceptors (Lipinski definition) is 21. The highest BCUT2D eigenvalue weighted by molar-refractivity contribution is 5.74. The Labute approximate surface area is 298 Å². The summed E-state index contributed by atoms with van der Waals surface area (Å²) in [6.45, 7) is 0.0834. The summed E-state index contributed by atoms with van der Waals surface area (Å²) in [6.07, 6.45) is -36.1. The Bertz CT molecular complexity index is 1300. The minimum Gasteiger partial charge on any atom is -0.479 e. The van der Waals surface area contributed by atoms with E-state index in [2.05, 4.69) is 10.6 Å². The molecule has 0 aromatic rings. The molecule has 0 aromatic heterocycles. The molecule has 4 saturated heterocycles. The van der Waals surface area contributed by atoms with E-state index in [9.17, 15) is 80.5 Å². The van der Waals surface area contributed by atoms with Crippen LogP contribution in [0.15, 0.2) is 0 Å². The maximum atomic E-state index is 12.4. The lowest BCUT2D eigenvalue weighted by Gasteiger charge is -2.49. The number of aliphatic hydroxyl groups is 10. The summed E-state index contributed by atoms with van der Waals surface area (Å²) in [4.78, 5) is 48.1. The zero-order valence-electron chi connectivity index (χ0n) is 27.8. The second-order valence-corrected chi connectivity index (χ2v) is 12.7. The van der Waals surface area contributed by atoms with Crippen LogP contribution in [0.3, 0.4) is 0 Å². The van der Waals surface area contributed by atoms with Crippen LogP contribution >= 0.6 is 0 Å². The zero-order chi connectivity index (χ0) is 39.6. The van der Waals surface area contributed by atoms with Gasteiger partial charge in [-0.05, 0) is 0 Å². The highest BCUT2D eigenvalue weighted by atomic mass is 16.8. The van der Waals surface area contributed by atoms with Crippen LogP contribution < -0.4 is 10.6 Å². The van der Waals surface area contributed by atoms with E-state index >= 15 is 0 Å². The summed E-state index contributed by atoms with van der Waals surface area (Å²) in [7, 11) is 0. The molecule has 0 radical (unpaired) electrons. The lowest BCUT2D eigenvalue weighted by molar-refractivity contribution is -0.370. The predicted molar refractivity (Wildman–Crippen MR) is 158 cm³/mol. The molecular formula is C28H44N2O23. The average molecular weight is 777 g/mol. The van der Waals surface area contributed by atoms with Crippen molar-refractivity contribution in [3.05, 3.63) is 0 Å². The van der Waals surface area contributed by atoms with Crippen molar-refractivity contribution >= 4 is 23.8 Å². The van der Waals surface area contributed by atoms with Gasteiger partial charge in [0.15, 0.2) is 37.4 Å². The first-order valence-corrected chi connectivity index (χ1v) is 16.1. The maximum Gasteiger partial charge on any atom is 0.335 e. The number of aliphatic hydroxyl groups excluding tert-OH is 10. The molecule has 0 aromatic carbocycles. The van der Waals surface area contributed by atoms with Gasteiger partial charge in [-0.2, -0.15) is 0 Å². The molecule has 4 heterocycles. The highest BCUT2D eigenvalue weighted by Crippen LogP contribution is 2.34. The summed E-state index contributed by atoms with van der Waals surface area (Å²) in [5, 5.41) is 128. The molecule has 0 unspecified atom stereocenters. The lowest BCUT2D eigenvalue weighted by Crippen LogP contribution is -2.70. The van der Waals surface area contributed by atoms with Gasteiger partial charge < -0.3 is 105 Å². The van der Waals surface area contributed by atoms with Crippen molar-refractivity contribution < 1.29 is 114 Å². The van der Waals surface area contributed by atoms with Gasteiger partial charge in [0, 0.05) is 13.8 Å². The van der Waals surface area contributed by atoms with Gasteiger partial charge in [-0.25, -0.2) is 9.59 Å². The molecule has 4 rings (SSSR count). The largest absolute Gasteiger partial charge is 0.479 e. The van der Waals surface area contributed by atoms with E-state index in [1.807, 2.05) is 0 Å². The van der Waals surface area contributed by atoms with Gasteiger partial charge in [-0.15, -0.1) is 0 Å². The molecule has 0 bridgehead atoms. The van der Waals surface area contributed by atoms with E-state index in [0.29, 0.717) is 0 Å². The van der Waals surface area contributed by atoms with Gasteiger partial charge in [-0.1, -0.05) is 0 Å². The molecule has 14 N–H and O–H groups in total. The van der Waals surface area contributed by atoms with Crippen LogP contribution in [0.1, 0.15) is 13.8 Å². The van der Waals surface area contributed by atoms with Gasteiger partial charge in [0.2, 0.25) is 11.8 Å². The Morgan fingerprint density at radius 2 is 0.943 bits per heavy atom. The third kappa shape index (κ3) is 9.19. The summed E-state index contributed by atoms with van der Waals surface area (Å²) < 4.78 is 38.0. The van der Waals surface area contributed by atoms with Crippen molar-refractivity contribution in [2.45, 2.75) is 137 Å². The second kappa shape index (κ2) is 17.8. The number of carbonyl (C=O) groups excluding carboxylic acids is 2. The van der Waals surface area contributed by atoms with Crippen LogP contribution in [0.4, 0.5) is 0 Å². The van der Waals surface area contributed by atoms with E-state index in [1.165, 1.54) is 0 Å². The SMILES string of the molecule is CC(=O)N[C@H]1[C@@H](O[C@H]2[C@H](O)[C@@H](O)[C@H](O)O[C@@H]2C(=O)O)O[C@H](CO)[C@@H](O[C@@H]2O[C@H](C(=O)O)[C@@H](O[C@H]3O[C@H](CO)[C@@H](O)[C@H](O)[C@H]3NC(C)=O)[C@H](O)[C@H]2O)[C@@H]1O. The third-order valence-corrected chi connectivity index (χ3v) is 8.94. The Morgan fingerprint density at radius 1 is 0.509 bits per heavy atom. The summed E-state index contributed by atoms with van der Waals surface area (Å²) in [5.74, 6) is -5.22. The Morgan fingerprint density at radius 3 is 1.42 bits per heavy atom. The van der Waals surface area contributed by atoms with Crippen molar-refractivity contribution in [3.63, 3.8) is 0 Å². The molecular weight excluding hydrogens is 732 g/mol. The zero-order valence-corrected chi connectivity index (χ0v) is 27.8. The van der Waals surface area contributed by atoms with E-state index in [4.69, 9.17) is 33.2 Å². The standard InChI is InChI=1S/C28H44N2O23/c1-5(33)29-9-12(36)11(35)7(3-31)47-26(9)52-20-15(39)17(41)28(53-22(20)24(44)45)50-18-8(4-32)48-27(10(13(18)37)30-6(2)34)51-19-14(38)16(40)25(46)49-21(19)23(42)43/h7-22,25-28,31-32,35-41,46H,3-4H2,1-2H3,(H,29,33)(H,30,34)(H,42,43)(H,44,45)/t7-,8-,9-,10-,11-,12-,13-,14-,15-,16-,17-,18-,19+,20+,21+,22+,25-,26-,27-,28-/m1/s1. The Hall–Kier alpha value is -2.80. The third-order valence-electron chi connectivity index (χ3n) is 8.94. The van der Waals surface area contributed by atoms with Crippen LogP contribution in [0.2, 0.25) is 0 Å². The predicted octanol–water partition coefficient (Wildman–Crippen LogP) is -9.28. The van der Waals surface area contributed by atoms with Gasteiger partial charge in [0.05, 0.1) is 13.2 Å². The topological polar surface area (TPSA) is 400 Å². The van der Waals surface area contributed by atoms with Crippen LogP contribution in [0.5, 0.6) is 0 Å². The fourth-order valence-electron chi connectivity index (χ4n) is 6.29. The number of amides is 2. The number of ether oxygens (including phenoxy) is 7. The van der Waals surface area contributed by atoms with Gasteiger partial charge in [0.25, 0.3) is 0 Å². The number of carboxylic acid groups (broad SMARTS) is 2. The van der Waals surface area contributed by atoms with E-state index < -0.39 is 160 Å². The molecule has 4 aliphatic heterocycles. The molecule has 2 amide bonds. The molecule has 0 saturated carbocycles. The monoisotopic (exact) mass is 776 g/mol. The number of hydrogen-bond donors (Lipinski definition) is 14. The maximum absolute atomic E-state index is 12.4. The number of nitrogens with one attached hydrogen (secondary N) is 2. The lowest BCUT2D eigenvalue weighted by atomic mass is 9.94. The Balaban J connectivity index is 1.57. The van der Waals surface area contributed by atoms with E-state index in [-0.39, 0.29) is 0 Å². The highest BCUT2D eigenvalue weighted by Gasteiger charge is 2.57. The fourth-order valence-corrected chi connectivity index (χ4v) is 6.29. The molecule has 304 valence electrons. The summed E-state index contributed by atoms with van der Waals surface area (Å²) in [5.41, 5.74) is 0. The van der Waals surface area contributed by atoms with Crippen LogP contribution in [-0.4, -0.2) is 221 Å². The average Bonchev–Trinajstić information content (AvgIpc) is 3.09. The Kier molecular flexibility index (Phi) is 14.4. The minimum atomic E-state index is -2.26. The van der Waals surface area contributed by atoms with Crippen molar-refractivity contribution in [1.29, 1.82) is 0 Å². The normalized spacial score (nSPS) is 46.3. The number of aliphatic carboxylic acids is 2. The van der Waals surface area contributed by atoms with Crippen molar-refractivity contribution in [1.82, 2.24) is 10.6 Å². The first-order chi connectivity index (χ1) is 24.8. The van der Waals surface area contributed by atoms with Crippen LogP contribution in [-0.2, 0) is 52.3 Å². The van der Waals surface area contributed by atoms with Crippen LogP contribution in [0.25, 0.3) is 0 Å². The molecule has 25 nitrogen and oxygen atoms in total. The van der Waals surface area contributed by atoms with Crippen molar-refractivity contribution in [2.75, 3.05) is 13.2 Å². The fraction of sp³-hybridized carbons (Fsp3) is 0.857. The number of rotatable bonds is 12. The first kappa shape index (κ1) is 42.9. The van der Waals surface area contributed by atoms with E-state index in [1.54, 1.807) is 0 Å². The summed E-state index contributed by atoms with van der Waals surface area (Å²) in [6, 6.07) is -3.36. The smallest absolute Gasteiger partial charge is 0.335 e.